The van der Waals surface area contributed by atoms with Crippen molar-refractivity contribution in [3.8, 4) is 0 Å². The molecule has 5 nitrogen and oxygen atoms in total. The van der Waals surface area contributed by atoms with Crippen LogP contribution < -0.4 is 10.2 Å². The summed E-state index contributed by atoms with van der Waals surface area (Å²) in [4.78, 5) is 29.5. The Morgan fingerprint density at radius 1 is 1.03 bits per heavy atom. The van der Waals surface area contributed by atoms with Crippen LogP contribution in [0, 0.1) is 6.92 Å². The fraction of sp³-hybridized carbons (Fsp3) is 0.407. The van der Waals surface area contributed by atoms with E-state index in [2.05, 4.69) is 42.6 Å². The van der Waals surface area contributed by atoms with Crippen molar-refractivity contribution in [2.75, 3.05) is 24.5 Å². The lowest BCUT2D eigenvalue weighted by molar-refractivity contribution is 0.0954. The van der Waals surface area contributed by atoms with E-state index >= 15 is 0 Å². The van der Waals surface area contributed by atoms with Gasteiger partial charge in [-0.2, -0.15) is 0 Å². The molecule has 1 aliphatic carbocycles. The van der Waals surface area contributed by atoms with Gasteiger partial charge in [0.05, 0.1) is 0 Å². The normalized spacial score (nSPS) is 16.7. The van der Waals surface area contributed by atoms with E-state index < -0.39 is 0 Å². The van der Waals surface area contributed by atoms with Gasteiger partial charge in [0.15, 0.2) is 0 Å². The fourth-order valence-corrected chi connectivity index (χ4v) is 4.47. The first-order valence-corrected chi connectivity index (χ1v) is 11.8. The minimum absolute atomic E-state index is 0.00128. The molecule has 1 fully saturated rings. The number of hydrogen-bond donors (Lipinski definition) is 1. The molecule has 1 aliphatic heterocycles. The Bertz CT molecular complexity index is 981. The quantitative estimate of drug-likeness (QED) is 0.593. The van der Waals surface area contributed by atoms with Crippen LogP contribution in [0.25, 0.3) is 0 Å². The molecule has 2 aromatic carbocycles. The van der Waals surface area contributed by atoms with Crippen molar-refractivity contribution in [3.63, 3.8) is 0 Å². The first-order chi connectivity index (χ1) is 15.6. The number of nitrogens with zero attached hydrogens (tertiary/aromatic N) is 2. The molecule has 0 aromatic heterocycles. The Hall–Kier alpha value is -3.08. The van der Waals surface area contributed by atoms with Gasteiger partial charge in [-0.25, -0.2) is 4.79 Å². The van der Waals surface area contributed by atoms with Gasteiger partial charge in [0.2, 0.25) is 0 Å². The van der Waals surface area contributed by atoms with Crippen molar-refractivity contribution >= 4 is 17.6 Å². The maximum Gasteiger partial charge on any atom is 0.324 e. The van der Waals surface area contributed by atoms with Gasteiger partial charge in [-0.05, 0) is 69.2 Å². The van der Waals surface area contributed by atoms with E-state index in [0.29, 0.717) is 25.2 Å². The highest BCUT2D eigenvalue weighted by molar-refractivity contribution is 5.98. The Balaban J connectivity index is 1.37. The molecule has 3 amide bonds. The summed E-state index contributed by atoms with van der Waals surface area (Å²) in [5.74, 6) is -0.0794. The summed E-state index contributed by atoms with van der Waals surface area (Å²) >= 11 is 0. The lowest BCUT2D eigenvalue weighted by Gasteiger charge is -2.36. The number of nitrogens with one attached hydrogen (secondary N) is 1. The highest BCUT2D eigenvalue weighted by Gasteiger charge is 2.27. The van der Waals surface area contributed by atoms with Gasteiger partial charge >= 0.3 is 6.03 Å². The van der Waals surface area contributed by atoms with Crippen LogP contribution in [0.2, 0.25) is 0 Å². The molecule has 1 N–H and O–H groups in total. The van der Waals surface area contributed by atoms with Gasteiger partial charge < -0.3 is 10.2 Å². The third kappa shape index (κ3) is 5.58. The number of urea groups is 1. The van der Waals surface area contributed by atoms with Crippen molar-refractivity contribution < 1.29 is 9.59 Å². The number of carbonyl (C=O) groups is 2. The van der Waals surface area contributed by atoms with E-state index in [4.69, 9.17) is 0 Å². The Morgan fingerprint density at radius 3 is 2.66 bits per heavy atom. The molecule has 32 heavy (non-hydrogen) atoms. The summed E-state index contributed by atoms with van der Waals surface area (Å²) in [7, 11) is 0. The predicted octanol–water partition coefficient (Wildman–Crippen LogP) is 5.45. The van der Waals surface area contributed by atoms with E-state index in [1.807, 2.05) is 29.2 Å². The Morgan fingerprint density at radius 2 is 1.88 bits per heavy atom. The van der Waals surface area contributed by atoms with Crippen LogP contribution in [-0.2, 0) is 6.54 Å². The standard InChI is InChI=1S/C27H33N3O2/c1-21-11-13-23(14-12-21)20-29-17-6-18-30(27(29)32)25-10-5-9-24(19-25)26(31)28-16-15-22-7-3-2-4-8-22/h5,7,9-14,19H,2-4,6,8,15-18,20H2,1H3,(H,28,31). The summed E-state index contributed by atoms with van der Waals surface area (Å²) in [5, 5.41) is 3.04. The van der Waals surface area contributed by atoms with Gasteiger partial charge in [-0.1, -0.05) is 47.5 Å². The van der Waals surface area contributed by atoms with E-state index in [-0.39, 0.29) is 11.9 Å². The first-order valence-electron chi connectivity index (χ1n) is 11.8. The molecule has 0 unspecified atom stereocenters. The number of amides is 3. The summed E-state index contributed by atoms with van der Waals surface area (Å²) in [6.07, 6.45) is 9.00. The van der Waals surface area contributed by atoms with E-state index in [1.54, 1.807) is 4.90 Å². The van der Waals surface area contributed by atoms with Crippen LogP contribution in [0.3, 0.4) is 0 Å². The summed E-state index contributed by atoms with van der Waals surface area (Å²) < 4.78 is 0. The molecule has 4 rings (SSSR count). The van der Waals surface area contributed by atoms with Crippen LogP contribution in [0.5, 0.6) is 0 Å². The van der Waals surface area contributed by atoms with Crippen molar-refractivity contribution in [3.05, 3.63) is 76.9 Å². The van der Waals surface area contributed by atoms with Crippen molar-refractivity contribution in [2.45, 2.75) is 52.0 Å². The highest BCUT2D eigenvalue weighted by atomic mass is 16.2. The van der Waals surface area contributed by atoms with Gasteiger partial charge in [-0.15, -0.1) is 0 Å². The summed E-state index contributed by atoms with van der Waals surface area (Å²) in [6.45, 7) is 4.74. The monoisotopic (exact) mass is 431 g/mol. The number of hydrogen-bond acceptors (Lipinski definition) is 2. The second-order valence-electron chi connectivity index (χ2n) is 8.86. The maximum atomic E-state index is 13.2. The summed E-state index contributed by atoms with van der Waals surface area (Å²) in [5.41, 5.74) is 5.19. The molecule has 1 heterocycles. The molecule has 1 saturated heterocycles. The fourth-order valence-electron chi connectivity index (χ4n) is 4.47. The van der Waals surface area contributed by atoms with Gasteiger partial charge in [0, 0.05) is 37.4 Å². The SMILES string of the molecule is Cc1ccc(CN2CCCN(c3cccc(C(=O)NCCC4=CCCCC4)c3)C2=O)cc1. The lowest BCUT2D eigenvalue weighted by Crippen LogP contribution is -2.49. The number of anilines is 1. The van der Waals surface area contributed by atoms with Crippen molar-refractivity contribution in [2.24, 2.45) is 0 Å². The van der Waals surface area contributed by atoms with E-state index in [1.165, 1.54) is 24.0 Å². The van der Waals surface area contributed by atoms with E-state index in [0.717, 1.165) is 43.5 Å². The van der Waals surface area contributed by atoms with Gasteiger partial charge in [-0.3, -0.25) is 9.69 Å². The molecule has 0 bridgehead atoms. The van der Waals surface area contributed by atoms with Crippen LogP contribution in [0.15, 0.2) is 60.2 Å². The zero-order valence-electron chi connectivity index (χ0n) is 19.0. The highest BCUT2D eigenvalue weighted by Crippen LogP contribution is 2.23. The minimum atomic E-state index is -0.0794. The number of rotatable bonds is 7. The van der Waals surface area contributed by atoms with Crippen LogP contribution in [0.1, 0.15) is 60.0 Å². The molecular formula is C27H33N3O2. The number of aryl methyl sites for hydroxylation is 1. The Labute approximate surface area is 191 Å². The minimum Gasteiger partial charge on any atom is -0.352 e. The van der Waals surface area contributed by atoms with Gasteiger partial charge in [0.1, 0.15) is 0 Å². The molecular weight excluding hydrogens is 398 g/mol. The molecule has 0 radical (unpaired) electrons. The molecule has 168 valence electrons. The third-order valence-corrected chi connectivity index (χ3v) is 6.34. The molecule has 0 atom stereocenters. The van der Waals surface area contributed by atoms with Crippen molar-refractivity contribution in [1.82, 2.24) is 10.2 Å². The largest absolute Gasteiger partial charge is 0.352 e. The number of benzene rings is 2. The zero-order chi connectivity index (χ0) is 22.3. The lowest BCUT2D eigenvalue weighted by atomic mass is 9.97. The van der Waals surface area contributed by atoms with Gasteiger partial charge in [0.25, 0.3) is 5.91 Å². The molecule has 0 saturated carbocycles. The topological polar surface area (TPSA) is 52.6 Å². The number of carbonyl (C=O) groups excluding carboxylic acids is 2. The number of allylic oxidation sites excluding steroid dienone is 1. The zero-order valence-corrected chi connectivity index (χ0v) is 19.0. The molecule has 0 spiro atoms. The first kappa shape index (κ1) is 22.1. The molecule has 5 heteroatoms. The van der Waals surface area contributed by atoms with E-state index in [9.17, 15) is 9.59 Å². The summed E-state index contributed by atoms with van der Waals surface area (Å²) in [6, 6.07) is 15.7. The second kappa shape index (κ2) is 10.5. The van der Waals surface area contributed by atoms with Crippen LogP contribution in [0.4, 0.5) is 10.5 Å². The maximum absolute atomic E-state index is 13.2. The second-order valence-corrected chi connectivity index (χ2v) is 8.86. The predicted molar refractivity (Wildman–Crippen MR) is 129 cm³/mol. The average molecular weight is 432 g/mol. The van der Waals surface area contributed by atoms with Crippen LogP contribution in [-0.4, -0.2) is 36.5 Å². The van der Waals surface area contributed by atoms with Crippen LogP contribution >= 0.6 is 0 Å². The molecule has 2 aromatic rings. The molecule has 2 aliphatic rings. The smallest absolute Gasteiger partial charge is 0.324 e. The Kier molecular flexibility index (Phi) is 7.25. The average Bonchev–Trinajstić information content (AvgIpc) is 2.82. The third-order valence-electron chi connectivity index (χ3n) is 6.34. The van der Waals surface area contributed by atoms with Crippen molar-refractivity contribution in [1.29, 1.82) is 0 Å².